The van der Waals surface area contributed by atoms with Gasteiger partial charge in [0.25, 0.3) is 0 Å². The lowest BCUT2D eigenvalue weighted by Crippen LogP contribution is -2.45. The van der Waals surface area contributed by atoms with E-state index in [2.05, 4.69) is 19.9 Å². The number of pyridine rings is 1. The Morgan fingerprint density at radius 1 is 0.960 bits per heavy atom. The fraction of sp³-hybridized carbons (Fsp3) is 0.474. The van der Waals surface area contributed by atoms with Gasteiger partial charge in [-0.15, -0.1) is 0 Å². The van der Waals surface area contributed by atoms with E-state index in [-0.39, 0.29) is 5.91 Å². The molecule has 1 spiro atoms. The van der Waals surface area contributed by atoms with Crippen LogP contribution in [0.15, 0.2) is 42.9 Å². The smallest absolute Gasteiger partial charge is 0.228 e. The fourth-order valence-electron chi connectivity index (χ4n) is 3.97. The van der Waals surface area contributed by atoms with Crippen LogP contribution in [-0.4, -0.2) is 51.9 Å². The third kappa shape index (κ3) is 3.48. The largest absolute Gasteiger partial charge is 0.342 e. The van der Waals surface area contributed by atoms with E-state index in [4.69, 9.17) is 0 Å². The second-order valence-electron chi connectivity index (χ2n) is 7.10. The van der Waals surface area contributed by atoms with Gasteiger partial charge in [-0.2, -0.15) is 0 Å². The molecule has 25 heavy (non-hydrogen) atoms. The van der Waals surface area contributed by atoms with Crippen molar-refractivity contribution >= 4 is 11.9 Å². The topological polar surface area (TPSA) is 62.2 Å². The Balaban J connectivity index is 1.33. The summed E-state index contributed by atoms with van der Waals surface area (Å²) in [5, 5.41) is 0. The third-order valence-electron chi connectivity index (χ3n) is 5.51. The van der Waals surface area contributed by atoms with Crippen LogP contribution >= 0.6 is 0 Å². The molecule has 2 aromatic heterocycles. The number of likely N-dealkylation sites (tertiary alicyclic amines) is 1. The van der Waals surface area contributed by atoms with Crippen LogP contribution in [0.2, 0.25) is 0 Å². The van der Waals surface area contributed by atoms with Crippen LogP contribution in [0.4, 0.5) is 5.95 Å². The number of carbonyl (C=O) groups excluding carboxylic acids is 1. The molecule has 0 N–H and O–H groups in total. The lowest BCUT2D eigenvalue weighted by atomic mass is 9.77. The minimum absolute atomic E-state index is 0.190. The summed E-state index contributed by atoms with van der Waals surface area (Å²) in [5.74, 6) is 1.02. The molecular weight excluding hydrogens is 314 g/mol. The van der Waals surface area contributed by atoms with E-state index >= 15 is 0 Å². The molecule has 6 nitrogen and oxygen atoms in total. The van der Waals surface area contributed by atoms with E-state index < -0.39 is 0 Å². The van der Waals surface area contributed by atoms with Gasteiger partial charge in [0.2, 0.25) is 11.9 Å². The van der Waals surface area contributed by atoms with E-state index in [0.717, 1.165) is 57.1 Å². The number of piperidine rings is 1. The van der Waals surface area contributed by atoms with Gasteiger partial charge in [0.15, 0.2) is 0 Å². The second-order valence-corrected chi connectivity index (χ2v) is 7.10. The van der Waals surface area contributed by atoms with E-state index in [0.29, 0.717) is 11.8 Å². The maximum atomic E-state index is 12.5. The van der Waals surface area contributed by atoms with Crippen molar-refractivity contribution in [2.75, 3.05) is 31.1 Å². The molecule has 2 fully saturated rings. The van der Waals surface area contributed by atoms with E-state index in [1.54, 1.807) is 18.6 Å². The molecule has 1 amide bonds. The SMILES string of the molecule is O=C(Cc1ccccn1)N1CCC2(CC1)CCN(c1ncccn1)C2. The van der Waals surface area contributed by atoms with Gasteiger partial charge in [0.1, 0.15) is 0 Å². The van der Waals surface area contributed by atoms with Crippen LogP contribution in [0.25, 0.3) is 0 Å². The van der Waals surface area contributed by atoms with E-state index in [1.165, 1.54) is 0 Å². The highest BCUT2D eigenvalue weighted by Gasteiger charge is 2.42. The fourth-order valence-corrected chi connectivity index (χ4v) is 3.97. The first-order valence-corrected chi connectivity index (χ1v) is 8.94. The van der Waals surface area contributed by atoms with Crippen molar-refractivity contribution in [2.24, 2.45) is 5.41 Å². The molecule has 2 aliphatic heterocycles. The molecule has 4 rings (SSSR count). The minimum Gasteiger partial charge on any atom is -0.342 e. The summed E-state index contributed by atoms with van der Waals surface area (Å²) in [6.07, 6.45) is 9.02. The molecule has 0 bridgehead atoms. The van der Waals surface area contributed by atoms with Crippen molar-refractivity contribution in [1.29, 1.82) is 0 Å². The maximum Gasteiger partial charge on any atom is 0.228 e. The second kappa shape index (κ2) is 6.78. The van der Waals surface area contributed by atoms with Gasteiger partial charge in [-0.1, -0.05) is 6.07 Å². The van der Waals surface area contributed by atoms with Crippen molar-refractivity contribution in [2.45, 2.75) is 25.7 Å². The van der Waals surface area contributed by atoms with E-state index in [1.807, 2.05) is 29.2 Å². The summed E-state index contributed by atoms with van der Waals surface area (Å²) in [5.41, 5.74) is 1.15. The molecule has 0 unspecified atom stereocenters. The molecule has 0 atom stereocenters. The summed E-state index contributed by atoms with van der Waals surface area (Å²) in [7, 11) is 0. The zero-order chi connectivity index (χ0) is 17.1. The van der Waals surface area contributed by atoms with Crippen LogP contribution in [-0.2, 0) is 11.2 Å². The van der Waals surface area contributed by atoms with E-state index in [9.17, 15) is 4.79 Å². The van der Waals surface area contributed by atoms with Gasteiger partial charge in [-0.25, -0.2) is 9.97 Å². The molecule has 2 aliphatic rings. The van der Waals surface area contributed by atoms with Crippen molar-refractivity contribution in [3.05, 3.63) is 48.5 Å². The van der Waals surface area contributed by atoms with Crippen LogP contribution in [0, 0.1) is 5.41 Å². The Labute approximate surface area is 147 Å². The predicted molar refractivity (Wildman–Crippen MR) is 95.1 cm³/mol. The first-order valence-electron chi connectivity index (χ1n) is 8.94. The lowest BCUT2D eigenvalue weighted by molar-refractivity contribution is -0.132. The average molecular weight is 337 g/mol. The maximum absolute atomic E-state index is 12.5. The van der Waals surface area contributed by atoms with Gasteiger partial charge in [0.05, 0.1) is 6.42 Å². The number of nitrogens with zero attached hydrogens (tertiary/aromatic N) is 5. The highest BCUT2D eigenvalue weighted by atomic mass is 16.2. The number of hydrogen-bond acceptors (Lipinski definition) is 5. The summed E-state index contributed by atoms with van der Waals surface area (Å²) in [6, 6.07) is 7.57. The Hall–Kier alpha value is -2.50. The van der Waals surface area contributed by atoms with Gasteiger partial charge < -0.3 is 9.80 Å². The summed E-state index contributed by atoms with van der Waals surface area (Å²) in [6.45, 7) is 3.69. The number of anilines is 1. The molecule has 0 saturated carbocycles. The van der Waals surface area contributed by atoms with Crippen LogP contribution in [0.1, 0.15) is 25.0 Å². The van der Waals surface area contributed by atoms with Gasteiger partial charge >= 0.3 is 0 Å². The Morgan fingerprint density at radius 2 is 1.68 bits per heavy atom. The normalized spacial score (nSPS) is 19.4. The van der Waals surface area contributed by atoms with Crippen molar-refractivity contribution in [1.82, 2.24) is 19.9 Å². The van der Waals surface area contributed by atoms with Gasteiger partial charge in [-0.05, 0) is 42.9 Å². The van der Waals surface area contributed by atoms with Crippen molar-refractivity contribution in [3.63, 3.8) is 0 Å². The molecule has 0 radical (unpaired) electrons. The minimum atomic E-state index is 0.190. The van der Waals surface area contributed by atoms with Crippen LogP contribution < -0.4 is 4.90 Å². The van der Waals surface area contributed by atoms with Crippen LogP contribution in [0.5, 0.6) is 0 Å². The summed E-state index contributed by atoms with van der Waals surface area (Å²) >= 11 is 0. The number of rotatable bonds is 3. The first kappa shape index (κ1) is 16.0. The Bertz CT molecular complexity index is 713. The monoisotopic (exact) mass is 337 g/mol. The predicted octanol–water partition coefficient (Wildman–Crippen LogP) is 1.93. The Morgan fingerprint density at radius 3 is 2.40 bits per heavy atom. The number of carbonyl (C=O) groups is 1. The summed E-state index contributed by atoms with van der Waals surface area (Å²) in [4.78, 5) is 29.8. The van der Waals surface area contributed by atoms with Crippen molar-refractivity contribution < 1.29 is 4.79 Å². The Kier molecular flexibility index (Phi) is 4.34. The standard InChI is InChI=1S/C19H23N5O/c25-17(14-16-4-1-2-8-20-16)23-11-5-19(6-12-23)7-13-24(15-19)18-21-9-3-10-22-18/h1-4,8-10H,5-7,11-15H2. The molecule has 6 heteroatoms. The number of hydrogen-bond donors (Lipinski definition) is 0. The molecule has 0 aromatic carbocycles. The van der Waals surface area contributed by atoms with Crippen LogP contribution in [0.3, 0.4) is 0 Å². The number of amides is 1. The zero-order valence-corrected chi connectivity index (χ0v) is 14.3. The van der Waals surface area contributed by atoms with Crippen molar-refractivity contribution in [3.8, 4) is 0 Å². The highest BCUT2D eigenvalue weighted by molar-refractivity contribution is 5.78. The molecule has 2 saturated heterocycles. The lowest BCUT2D eigenvalue weighted by Gasteiger charge is -2.39. The molecule has 0 aliphatic carbocycles. The highest BCUT2D eigenvalue weighted by Crippen LogP contribution is 2.41. The molecule has 4 heterocycles. The molecule has 130 valence electrons. The number of aromatic nitrogens is 3. The molecule has 2 aromatic rings. The molecular formula is C19H23N5O. The third-order valence-corrected chi connectivity index (χ3v) is 5.51. The average Bonchev–Trinajstić information content (AvgIpc) is 3.07. The van der Waals surface area contributed by atoms with Gasteiger partial charge in [0, 0.05) is 50.5 Å². The summed E-state index contributed by atoms with van der Waals surface area (Å²) < 4.78 is 0. The zero-order valence-electron chi connectivity index (χ0n) is 14.3. The first-order chi connectivity index (χ1) is 12.2. The van der Waals surface area contributed by atoms with Gasteiger partial charge in [-0.3, -0.25) is 9.78 Å². The quantitative estimate of drug-likeness (QED) is 0.856.